The first-order valence-electron chi connectivity index (χ1n) is 6.75. The number of hydrogen-bond donors (Lipinski definition) is 1. The molecular weight excluding hydrogens is 268 g/mol. The van der Waals surface area contributed by atoms with Crippen molar-refractivity contribution in [1.29, 1.82) is 0 Å². The Labute approximate surface area is 124 Å². The van der Waals surface area contributed by atoms with Crippen LogP contribution < -0.4 is 10.1 Å². The third-order valence-electron chi connectivity index (χ3n) is 2.96. The Bertz CT molecular complexity index is 519. The van der Waals surface area contributed by atoms with E-state index in [-0.39, 0.29) is 6.04 Å². The Morgan fingerprint density at radius 1 is 1.20 bits per heavy atom. The van der Waals surface area contributed by atoms with Crippen LogP contribution >= 0.6 is 11.8 Å². The highest BCUT2D eigenvalue weighted by Crippen LogP contribution is 2.28. The summed E-state index contributed by atoms with van der Waals surface area (Å²) >= 11 is 1.82. The van der Waals surface area contributed by atoms with Crippen LogP contribution in [0.3, 0.4) is 0 Å². The van der Waals surface area contributed by atoms with Crippen molar-refractivity contribution in [3.8, 4) is 5.75 Å². The normalized spacial score (nSPS) is 12.1. The van der Waals surface area contributed by atoms with Crippen molar-refractivity contribution in [2.75, 3.05) is 19.4 Å². The van der Waals surface area contributed by atoms with Crippen LogP contribution in [0.1, 0.15) is 18.7 Å². The zero-order chi connectivity index (χ0) is 14.2. The average molecular weight is 288 g/mol. The molecule has 1 atom stereocenters. The van der Waals surface area contributed by atoms with Crippen molar-refractivity contribution in [3.05, 3.63) is 54.4 Å². The molecule has 0 aliphatic rings. The van der Waals surface area contributed by atoms with Gasteiger partial charge in [-0.25, -0.2) is 0 Å². The fourth-order valence-corrected chi connectivity index (χ4v) is 3.00. The highest BCUT2D eigenvalue weighted by molar-refractivity contribution is 7.99. The van der Waals surface area contributed by atoms with Crippen molar-refractivity contribution < 1.29 is 4.74 Å². The SMILES string of the molecule is CCNC(CSc1ccccc1)c1ncccc1OC. The standard InChI is InChI=1S/C16H20N2OS/c1-3-17-14(12-20-13-8-5-4-6-9-13)16-15(19-2)10-7-11-18-16/h4-11,14,17H,3,12H2,1-2H3. The maximum Gasteiger partial charge on any atom is 0.142 e. The first kappa shape index (κ1) is 14.9. The van der Waals surface area contributed by atoms with Gasteiger partial charge in [-0.3, -0.25) is 4.98 Å². The second-order valence-electron chi connectivity index (χ2n) is 4.33. The van der Waals surface area contributed by atoms with Gasteiger partial charge in [0.15, 0.2) is 0 Å². The lowest BCUT2D eigenvalue weighted by molar-refractivity contribution is 0.398. The lowest BCUT2D eigenvalue weighted by Crippen LogP contribution is -2.24. The first-order chi connectivity index (χ1) is 9.85. The van der Waals surface area contributed by atoms with E-state index in [0.717, 1.165) is 23.7 Å². The van der Waals surface area contributed by atoms with Gasteiger partial charge in [-0.05, 0) is 30.8 Å². The Morgan fingerprint density at radius 2 is 2.00 bits per heavy atom. The molecule has 0 fully saturated rings. The zero-order valence-electron chi connectivity index (χ0n) is 11.9. The van der Waals surface area contributed by atoms with Crippen LogP contribution in [0.4, 0.5) is 0 Å². The molecule has 1 aromatic heterocycles. The number of methoxy groups -OCH3 is 1. The fraction of sp³-hybridized carbons (Fsp3) is 0.312. The molecule has 20 heavy (non-hydrogen) atoms. The van der Waals surface area contributed by atoms with Crippen LogP contribution in [0.25, 0.3) is 0 Å². The third kappa shape index (κ3) is 3.99. The molecular formula is C16H20N2OS. The minimum absolute atomic E-state index is 0.182. The van der Waals surface area contributed by atoms with E-state index in [1.54, 1.807) is 7.11 Å². The summed E-state index contributed by atoms with van der Waals surface area (Å²) in [5.41, 5.74) is 0.972. The zero-order valence-corrected chi connectivity index (χ0v) is 12.7. The lowest BCUT2D eigenvalue weighted by Gasteiger charge is -2.19. The highest BCUT2D eigenvalue weighted by atomic mass is 32.2. The summed E-state index contributed by atoms with van der Waals surface area (Å²) in [6.07, 6.45) is 1.81. The summed E-state index contributed by atoms with van der Waals surface area (Å²) in [6.45, 7) is 3.01. The van der Waals surface area contributed by atoms with Gasteiger partial charge in [0.1, 0.15) is 5.75 Å². The van der Waals surface area contributed by atoms with E-state index in [1.165, 1.54) is 4.90 Å². The maximum atomic E-state index is 5.41. The second-order valence-corrected chi connectivity index (χ2v) is 5.42. The largest absolute Gasteiger partial charge is 0.495 e. The predicted octanol–water partition coefficient (Wildman–Crippen LogP) is 3.53. The summed E-state index contributed by atoms with van der Waals surface area (Å²) in [5.74, 6) is 1.76. The molecule has 0 aliphatic carbocycles. The van der Waals surface area contributed by atoms with Gasteiger partial charge in [0, 0.05) is 16.8 Å². The van der Waals surface area contributed by atoms with Crippen LogP contribution in [-0.4, -0.2) is 24.4 Å². The van der Waals surface area contributed by atoms with Gasteiger partial charge in [-0.15, -0.1) is 11.8 Å². The highest BCUT2D eigenvalue weighted by Gasteiger charge is 2.16. The van der Waals surface area contributed by atoms with E-state index < -0.39 is 0 Å². The van der Waals surface area contributed by atoms with E-state index in [0.29, 0.717) is 0 Å². The fourth-order valence-electron chi connectivity index (χ4n) is 2.01. The Morgan fingerprint density at radius 3 is 2.70 bits per heavy atom. The number of thioether (sulfide) groups is 1. The second kappa shape index (κ2) is 7.92. The third-order valence-corrected chi connectivity index (χ3v) is 4.07. The van der Waals surface area contributed by atoms with Gasteiger partial charge in [0.2, 0.25) is 0 Å². The molecule has 0 aliphatic heterocycles. The number of pyridine rings is 1. The molecule has 1 N–H and O–H groups in total. The molecule has 1 unspecified atom stereocenters. The van der Waals surface area contributed by atoms with E-state index in [9.17, 15) is 0 Å². The van der Waals surface area contributed by atoms with Gasteiger partial charge >= 0.3 is 0 Å². The molecule has 0 bridgehead atoms. The minimum Gasteiger partial charge on any atom is -0.495 e. The molecule has 0 saturated heterocycles. The van der Waals surface area contributed by atoms with Crippen LogP contribution in [-0.2, 0) is 0 Å². The lowest BCUT2D eigenvalue weighted by atomic mass is 10.2. The van der Waals surface area contributed by atoms with Crippen molar-refractivity contribution in [2.24, 2.45) is 0 Å². The van der Waals surface area contributed by atoms with Crippen molar-refractivity contribution in [1.82, 2.24) is 10.3 Å². The van der Waals surface area contributed by atoms with Crippen LogP contribution in [0.5, 0.6) is 5.75 Å². The summed E-state index contributed by atoms with van der Waals surface area (Å²) in [4.78, 5) is 5.75. The van der Waals surface area contributed by atoms with E-state index >= 15 is 0 Å². The molecule has 1 heterocycles. The molecule has 3 nitrogen and oxygen atoms in total. The minimum atomic E-state index is 0.182. The van der Waals surface area contributed by atoms with Crippen LogP contribution in [0.15, 0.2) is 53.6 Å². The Balaban J connectivity index is 2.10. The van der Waals surface area contributed by atoms with Crippen molar-refractivity contribution in [3.63, 3.8) is 0 Å². The van der Waals surface area contributed by atoms with Crippen LogP contribution in [0.2, 0.25) is 0 Å². The Hall–Kier alpha value is -1.52. The molecule has 0 amide bonds. The van der Waals surface area contributed by atoms with Crippen molar-refractivity contribution >= 4 is 11.8 Å². The maximum absolute atomic E-state index is 5.41. The average Bonchev–Trinajstić information content (AvgIpc) is 2.52. The predicted molar refractivity (Wildman–Crippen MR) is 84.4 cm³/mol. The number of benzene rings is 1. The molecule has 0 saturated carbocycles. The topological polar surface area (TPSA) is 34.2 Å². The molecule has 2 rings (SSSR count). The van der Waals surface area contributed by atoms with Gasteiger partial charge in [0.25, 0.3) is 0 Å². The van der Waals surface area contributed by atoms with E-state index in [4.69, 9.17) is 4.74 Å². The molecule has 106 valence electrons. The molecule has 0 spiro atoms. The summed E-state index contributed by atoms with van der Waals surface area (Å²) < 4.78 is 5.41. The molecule has 4 heteroatoms. The number of nitrogens with zero attached hydrogens (tertiary/aromatic N) is 1. The van der Waals surface area contributed by atoms with Crippen LogP contribution in [0, 0.1) is 0 Å². The smallest absolute Gasteiger partial charge is 0.142 e. The number of ether oxygens (including phenoxy) is 1. The summed E-state index contributed by atoms with van der Waals surface area (Å²) in [7, 11) is 1.69. The molecule has 0 radical (unpaired) electrons. The van der Waals surface area contributed by atoms with E-state index in [2.05, 4.69) is 41.5 Å². The summed E-state index contributed by atoms with van der Waals surface area (Å²) in [6, 6.07) is 14.5. The number of nitrogens with one attached hydrogen (secondary N) is 1. The number of hydrogen-bond acceptors (Lipinski definition) is 4. The summed E-state index contributed by atoms with van der Waals surface area (Å²) in [5, 5.41) is 3.48. The molecule has 2 aromatic rings. The van der Waals surface area contributed by atoms with Gasteiger partial charge in [-0.2, -0.15) is 0 Å². The van der Waals surface area contributed by atoms with Gasteiger partial charge in [0.05, 0.1) is 18.8 Å². The quantitative estimate of drug-likeness (QED) is 0.790. The number of aromatic nitrogens is 1. The number of rotatable bonds is 7. The Kier molecular flexibility index (Phi) is 5.89. The first-order valence-corrected chi connectivity index (χ1v) is 7.73. The monoisotopic (exact) mass is 288 g/mol. The van der Waals surface area contributed by atoms with E-state index in [1.807, 2.05) is 36.2 Å². The van der Waals surface area contributed by atoms with Crippen molar-refractivity contribution in [2.45, 2.75) is 17.9 Å². The van der Waals surface area contributed by atoms with Gasteiger partial charge < -0.3 is 10.1 Å². The van der Waals surface area contributed by atoms with Gasteiger partial charge in [-0.1, -0.05) is 25.1 Å². The molecule has 1 aromatic carbocycles.